The molecule has 3 aromatic heterocycles. The van der Waals surface area contributed by atoms with E-state index in [0.717, 1.165) is 5.39 Å². The van der Waals surface area contributed by atoms with Crippen LogP contribution in [-0.4, -0.2) is 23.9 Å². The van der Waals surface area contributed by atoms with Crippen molar-refractivity contribution in [2.45, 2.75) is 25.8 Å². The summed E-state index contributed by atoms with van der Waals surface area (Å²) in [5, 5.41) is 10.9. The van der Waals surface area contributed by atoms with Gasteiger partial charge in [-0.2, -0.15) is 5.10 Å². The Morgan fingerprint density at radius 1 is 1.11 bits per heavy atom. The van der Waals surface area contributed by atoms with E-state index in [4.69, 9.17) is 0 Å². The fourth-order valence-electron chi connectivity index (χ4n) is 4.64. The summed E-state index contributed by atoms with van der Waals surface area (Å²) >= 11 is 2.01. The SMILES string of the molecule is Cc1c(=O)n(C)c(Nc2ccc(I)cc2F)c2c(=O)n(C3CC3)c(=O)n(-c3ccc4cn[nH]c4c3)c12. The molecule has 36 heavy (non-hydrogen) atoms. The van der Waals surface area contributed by atoms with Gasteiger partial charge in [0.15, 0.2) is 0 Å². The zero-order valence-electron chi connectivity index (χ0n) is 19.3. The topological polar surface area (TPSA) is 107 Å². The fraction of sp³-hybridized carbons (Fsp3) is 0.200. The van der Waals surface area contributed by atoms with Gasteiger partial charge >= 0.3 is 5.69 Å². The highest BCUT2D eigenvalue weighted by Gasteiger charge is 2.31. The van der Waals surface area contributed by atoms with Crippen molar-refractivity contribution in [3.8, 4) is 5.69 Å². The molecule has 0 spiro atoms. The molecule has 2 N–H and O–H groups in total. The highest BCUT2D eigenvalue weighted by molar-refractivity contribution is 14.1. The number of hydrogen-bond acceptors (Lipinski definition) is 5. The van der Waals surface area contributed by atoms with Gasteiger partial charge in [0.1, 0.15) is 17.0 Å². The second kappa shape index (κ2) is 8.15. The average molecular weight is 598 g/mol. The summed E-state index contributed by atoms with van der Waals surface area (Å²) in [6.07, 6.45) is 3.09. The van der Waals surface area contributed by atoms with Gasteiger partial charge in [-0.05, 0) is 78.8 Å². The lowest BCUT2D eigenvalue weighted by Gasteiger charge is -2.20. The number of H-pyrrole nitrogens is 1. The number of aromatic amines is 1. The van der Waals surface area contributed by atoms with Crippen molar-refractivity contribution in [2.75, 3.05) is 5.32 Å². The molecule has 0 atom stereocenters. The zero-order valence-corrected chi connectivity index (χ0v) is 21.5. The van der Waals surface area contributed by atoms with Crippen LogP contribution in [0.5, 0.6) is 0 Å². The van der Waals surface area contributed by atoms with Crippen LogP contribution in [0.15, 0.2) is 57.0 Å². The molecule has 0 aliphatic heterocycles. The number of aromatic nitrogens is 5. The maximum Gasteiger partial charge on any atom is 0.336 e. The Hall–Kier alpha value is -3.74. The summed E-state index contributed by atoms with van der Waals surface area (Å²) in [5.41, 5.74) is 0.302. The van der Waals surface area contributed by atoms with Crippen LogP contribution in [0, 0.1) is 16.3 Å². The predicted molar refractivity (Wildman–Crippen MR) is 144 cm³/mol. The number of anilines is 2. The first kappa shape index (κ1) is 22.7. The number of benzene rings is 2. The Bertz CT molecular complexity index is 1900. The van der Waals surface area contributed by atoms with Crippen LogP contribution in [0.1, 0.15) is 24.4 Å². The number of fused-ring (bicyclic) bond motifs is 2. The standard InChI is InChI=1S/C25H20FIN6O3/c1-12-21-20(22(31(2)23(12)34)29-18-8-4-14(27)9-17(18)26)24(35)33(15-6-7-15)25(36)32(21)16-5-3-13-11-28-30-19(13)10-16/h3-5,8-11,15,29H,6-7H2,1-2H3,(H,28,30). The molecule has 1 saturated carbocycles. The minimum atomic E-state index is -0.524. The quantitative estimate of drug-likeness (QED) is 0.306. The van der Waals surface area contributed by atoms with E-state index < -0.39 is 22.6 Å². The van der Waals surface area contributed by atoms with Crippen LogP contribution >= 0.6 is 22.6 Å². The third kappa shape index (κ3) is 3.40. The third-order valence-corrected chi connectivity index (χ3v) is 7.29. The maximum atomic E-state index is 14.8. The number of pyridine rings is 1. The molecule has 1 aliphatic rings. The molecule has 6 rings (SSSR count). The molecule has 2 aromatic carbocycles. The number of rotatable bonds is 4. The van der Waals surface area contributed by atoms with Gasteiger partial charge in [0.2, 0.25) is 0 Å². The Labute approximate surface area is 216 Å². The molecule has 1 fully saturated rings. The Morgan fingerprint density at radius 3 is 2.61 bits per heavy atom. The lowest BCUT2D eigenvalue weighted by Crippen LogP contribution is -2.41. The van der Waals surface area contributed by atoms with E-state index in [1.165, 1.54) is 26.8 Å². The normalized spacial score (nSPS) is 13.6. The largest absolute Gasteiger partial charge is 0.338 e. The Balaban J connectivity index is 1.76. The third-order valence-electron chi connectivity index (χ3n) is 6.62. The van der Waals surface area contributed by atoms with E-state index >= 15 is 0 Å². The molecule has 182 valence electrons. The number of halogens is 2. The molecule has 0 unspecified atom stereocenters. The van der Waals surface area contributed by atoms with E-state index in [9.17, 15) is 18.8 Å². The van der Waals surface area contributed by atoms with Crippen LogP contribution in [0.2, 0.25) is 0 Å². The van der Waals surface area contributed by atoms with E-state index in [1.807, 2.05) is 28.7 Å². The van der Waals surface area contributed by atoms with Crippen molar-refractivity contribution in [1.82, 2.24) is 23.9 Å². The van der Waals surface area contributed by atoms with E-state index in [-0.39, 0.29) is 34.0 Å². The average Bonchev–Trinajstić information content (AvgIpc) is 3.57. The van der Waals surface area contributed by atoms with Crippen molar-refractivity contribution in [3.05, 3.63) is 88.7 Å². The summed E-state index contributed by atoms with van der Waals surface area (Å²) < 4.78 is 19.4. The predicted octanol–water partition coefficient (Wildman–Crippen LogP) is 3.86. The second-order valence-electron chi connectivity index (χ2n) is 8.98. The molecule has 3 heterocycles. The van der Waals surface area contributed by atoms with Crippen LogP contribution in [-0.2, 0) is 7.05 Å². The van der Waals surface area contributed by atoms with Crippen molar-refractivity contribution < 1.29 is 4.39 Å². The number of nitrogens with zero attached hydrogens (tertiary/aromatic N) is 4. The molecule has 0 amide bonds. The van der Waals surface area contributed by atoms with Gasteiger partial charge in [0, 0.05) is 27.6 Å². The molecule has 9 nitrogen and oxygen atoms in total. The number of aryl methyl sites for hydroxylation is 1. The Morgan fingerprint density at radius 2 is 1.89 bits per heavy atom. The van der Waals surface area contributed by atoms with Crippen LogP contribution < -0.4 is 22.1 Å². The molecule has 1 aliphatic carbocycles. The zero-order chi connectivity index (χ0) is 25.3. The summed E-state index contributed by atoms with van der Waals surface area (Å²) in [5.74, 6) is -0.403. The van der Waals surface area contributed by atoms with E-state index in [2.05, 4.69) is 15.5 Å². The fourth-order valence-corrected chi connectivity index (χ4v) is 5.09. The van der Waals surface area contributed by atoms with Crippen LogP contribution in [0.4, 0.5) is 15.9 Å². The minimum Gasteiger partial charge on any atom is -0.338 e. The molecular formula is C25H20FIN6O3. The van der Waals surface area contributed by atoms with E-state index in [0.29, 0.717) is 27.6 Å². The molecule has 0 bridgehead atoms. The lowest BCUT2D eigenvalue weighted by molar-refractivity contribution is 0.630. The first-order valence-corrected chi connectivity index (χ1v) is 12.4. The highest BCUT2D eigenvalue weighted by Crippen LogP contribution is 2.34. The smallest absolute Gasteiger partial charge is 0.336 e. The summed E-state index contributed by atoms with van der Waals surface area (Å²) in [6.45, 7) is 1.59. The van der Waals surface area contributed by atoms with Crippen LogP contribution in [0.3, 0.4) is 0 Å². The maximum absolute atomic E-state index is 14.8. The van der Waals surface area contributed by atoms with Gasteiger partial charge in [0.05, 0.1) is 28.6 Å². The monoisotopic (exact) mass is 598 g/mol. The molecule has 0 saturated heterocycles. The first-order chi connectivity index (χ1) is 17.3. The van der Waals surface area contributed by atoms with Crippen molar-refractivity contribution in [3.63, 3.8) is 0 Å². The van der Waals surface area contributed by atoms with Crippen molar-refractivity contribution >= 4 is 55.9 Å². The van der Waals surface area contributed by atoms with Gasteiger partial charge in [0.25, 0.3) is 11.1 Å². The first-order valence-electron chi connectivity index (χ1n) is 11.3. The molecule has 5 aromatic rings. The van der Waals surface area contributed by atoms with Crippen LogP contribution in [0.25, 0.3) is 27.5 Å². The molecule has 0 radical (unpaired) electrons. The number of hydrogen-bond donors (Lipinski definition) is 2. The summed E-state index contributed by atoms with van der Waals surface area (Å²) in [7, 11) is 1.52. The van der Waals surface area contributed by atoms with Crippen molar-refractivity contribution in [1.29, 1.82) is 0 Å². The van der Waals surface area contributed by atoms with E-state index in [1.54, 1.807) is 37.4 Å². The lowest BCUT2D eigenvalue weighted by atomic mass is 10.1. The second-order valence-corrected chi connectivity index (χ2v) is 10.2. The summed E-state index contributed by atoms with van der Waals surface area (Å²) in [6, 6.07) is 9.73. The van der Waals surface area contributed by atoms with Gasteiger partial charge in [-0.1, -0.05) is 0 Å². The van der Waals surface area contributed by atoms with Gasteiger partial charge in [-0.25, -0.2) is 9.18 Å². The van der Waals surface area contributed by atoms with Gasteiger partial charge in [-0.3, -0.25) is 28.4 Å². The van der Waals surface area contributed by atoms with Gasteiger partial charge < -0.3 is 5.32 Å². The number of nitrogens with one attached hydrogen (secondary N) is 2. The Kier molecular flexibility index (Phi) is 5.14. The summed E-state index contributed by atoms with van der Waals surface area (Å²) in [4.78, 5) is 40.9. The molecule has 11 heteroatoms. The minimum absolute atomic E-state index is 0.115. The molecular weight excluding hydrogens is 578 g/mol. The highest BCUT2D eigenvalue weighted by atomic mass is 127. The van der Waals surface area contributed by atoms with Gasteiger partial charge in [-0.15, -0.1) is 0 Å². The van der Waals surface area contributed by atoms with Crippen molar-refractivity contribution in [2.24, 2.45) is 7.05 Å².